The van der Waals surface area contributed by atoms with Gasteiger partial charge in [0.1, 0.15) is 17.2 Å². The van der Waals surface area contributed by atoms with Crippen LogP contribution in [0.3, 0.4) is 0 Å². The molecule has 3 N–H and O–H groups in total. The van der Waals surface area contributed by atoms with Gasteiger partial charge in [-0.1, -0.05) is 24.0 Å². The standard InChI is InChI=1S/C24H20N4O4/c1-14-13-26-23(32-14)24(2,30)10-9-15-5-4-6-16(11-15)22-27-19-12-17(31-3)7-8-18(19)20(28-22)21(25)29/h4-8,11-13,30H,1-3H3,(H2,25,29). The molecule has 2 aromatic heterocycles. The zero-order valence-electron chi connectivity index (χ0n) is 17.7. The van der Waals surface area contributed by atoms with E-state index in [0.29, 0.717) is 39.4 Å². The molecule has 1 amide bonds. The second kappa shape index (κ2) is 8.13. The summed E-state index contributed by atoms with van der Waals surface area (Å²) in [5.74, 6) is 6.67. The topological polar surface area (TPSA) is 124 Å². The minimum Gasteiger partial charge on any atom is -0.497 e. The summed E-state index contributed by atoms with van der Waals surface area (Å²) in [6.07, 6.45) is 1.52. The van der Waals surface area contributed by atoms with Crippen molar-refractivity contribution in [1.82, 2.24) is 15.0 Å². The molecular formula is C24H20N4O4. The molecule has 0 bridgehead atoms. The van der Waals surface area contributed by atoms with Crippen LogP contribution in [0, 0.1) is 18.8 Å². The predicted octanol–water partition coefficient (Wildman–Crippen LogP) is 2.96. The number of primary amides is 1. The monoisotopic (exact) mass is 428 g/mol. The molecule has 8 heteroatoms. The van der Waals surface area contributed by atoms with Gasteiger partial charge in [0.05, 0.1) is 18.8 Å². The van der Waals surface area contributed by atoms with Crippen LogP contribution in [0.2, 0.25) is 0 Å². The van der Waals surface area contributed by atoms with E-state index in [0.717, 1.165) is 0 Å². The molecule has 2 heterocycles. The third kappa shape index (κ3) is 4.15. The molecule has 0 aliphatic carbocycles. The zero-order valence-corrected chi connectivity index (χ0v) is 17.7. The Kier molecular flexibility index (Phi) is 5.34. The summed E-state index contributed by atoms with van der Waals surface area (Å²) in [6, 6.07) is 12.3. The first kappa shape index (κ1) is 21.0. The SMILES string of the molecule is COc1ccc2c(C(N)=O)nc(-c3cccc(C#CC(C)(O)c4ncc(C)o4)c3)nc2c1. The van der Waals surface area contributed by atoms with Crippen LogP contribution < -0.4 is 10.5 Å². The fourth-order valence-electron chi connectivity index (χ4n) is 3.12. The van der Waals surface area contributed by atoms with Crippen LogP contribution in [0.15, 0.2) is 53.1 Å². The molecule has 0 aliphatic heterocycles. The van der Waals surface area contributed by atoms with E-state index in [-0.39, 0.29) is 11.6 Å². The van der Waals surface area contributed by atoms with Gasteiger partial charge in [0.2, 0.25) is 5.89 Å². The molecule has 0 saturated carbocycles. The summed E-state index contributed by atoms with van der Waals surface area (Å²) in [6.45, 7) is 3.25. The number of nitrogens with zero attached hydrogens (tertiary/aromatic N) is 3. The molecule has 0 fully saturated rings. The Hall–Kier alpha value is -4.22. The number of methoxy groups -OCH3 is 1. The molecule has 1 atom stereocenters. The molecule has 0 aliphatic rings. The largest absolute Gasteiger partial charge is 0.497 e. The summed E-state index contributed by atoms with van der Waals surface area (Å²) in [5, 5.41) is 11.1. The summed E-state index contributed by atoms with van der Waals surface area (Å²) in [7, 11) is 1.55. The third-order valence-corrected chi connectivity index (χ3v) is 4.75. The highest BCUT2D eigenvalue weighted by molar-refractivity contribution is 6.04. The summed E-state index contributed by atoms with van der Waals surface area (Å²) < 4.78 is 10.6. The molecule has 160 valence electrons. The molecule has 8 nitrogen and oxygen atoms in total. The number of nitrogens with two attached hydrogens (primary N) is 1. The van der Waals surface area contributed by atoms with Gasteiger partial charge in [-0.05, 0) is 38.1 Å². The number of hydrogen-bond donors (Lipinski definition) is 2. The zero-order chi connectivity index (χ0) is 22.9. The predicted molar refractivity (Wildman–Crippen MR) is 118 cm³/mol. The smallest absolute Gasteiger partial charge is 0.268 e. The second-order valence-corrected chi connectivity index (χ2v) is 7.32. The van der Waals surface area contributed by atoms with Gasteiger partial charge in [0.15, 0.2) is 11.4 Å². The molecule has 4 aromatic rings. The van der Waals surface area contributed by atoms with Crippen molar-refractivity contribution in [2.24, 2.45) is 5.73 Å². The lowest BCUT2D eigenvalue weighted by molar-refractivity contribution is 0.0882. The Bertz CT molecular complexity index is 1400. The molecule has 0 radical (unpaired) electrons. The van der Waals surface area contributed by atoms with Gasteiger partial charge >= 0.3 is 0 Å². The lowest BCUT2D eigenvalue weighted by Crippen LogP contribution is -2.18. The molecule has 0 spiro atoms. The van der Waals surface area contributed by atoms with E-state index in [1.807, 2.05) is 0 Å². The van der Waals surface area contributed by atoms with Gasteiger partial charge < -0.3 is 20.0 Å². The van der Waals surface area contributed by atoms with E-state index >= 15 is 0 Å². The molecule has 32 heavy (non-hydrogen) atoms. The minimum atomic E-state index is -1.56. The number of benzene rings is 2. The Balaban J connectivity index is 1.76. The number of carbonyl (C=O) groups excluding carboxylic acids is 1. The number of aryl methyl sites for hydroxylation is 1. The van der Waals surface area contributed by atoms with E-state index < -0.39 is 11.5 Å². The maximum Gasteiger partial charge on any atom is 0.268 e. The number of rotatable bonds is 4. The van der Waals surface area contributed by atoms with Crippen LogP contribution in [-0.4, -0.2) is 33.1 Å². The third-order valence-electron chi connectivity index (χ3n) is 4.75. The van der Waals surface area contributed by atoms with Crippen molar-refractivity contribution in [3.63, 3.8) is 0 Å². The number of ether oxygens (including phenoxy) is 1. The Labute approximate surface area is 184 Å². The number of oxazole rings is 1. The lowest BCUT2D eigenvalue weighted by atomic mass is 10.1. The molecule has 0 saturated heterocycles. The molecular weight excluding hydrogens is 408 g/mol. The van der Waals surface area contributed by atoms with Gasteiger partial charge in [0.25, 0.3) is 5.91 Å². The van der Waals surface area contributed by atoms with Crippen LogP contribution in [-0.2, 0) is 5.60 Å². The van der Waals surface area contributed by atoms with E-state index in [1.54, 1.807) is 56.5 Å². The van der Waals surface area contributed by atoms with E-state index in [9.17, 15) is 9.90 Å². The number of hydrogen-bond acceptors (Lipinski definition) is 7. The Morgan fingerprint density at radius 2 is 2.03 bits per heavy atom. The van der Waals surface area contributed by atoms with Gasteiger partial charge in [-0.3, -0.25) is 4.79 Å². The Morgan fingerprint density at radius 3 is 2.72 bits per heavy atom. The van der Waals surface area contributed by atoms with Crippen molar-refractivity contribution in [1.29, 1.82) is 0 Å². The second-order valence-electron chi connectivity index (χ2n) is 7.32. The lowest BCUT2D eigenvalue weighted by Gasteiger charge is -2.11. The van der Waals surface area contributed by atoms with Gasteiger partial charge in [-0.15, -0.1) is 0 Å². The Morgan fingerprint density at radius 1 is 1.22 bits per heavy atom. The highest BCUT2D eigenvalue weighted by Crippen LogP contribution is 2.26. The van der Waals surface area contributed by atoms with Crippen LogP contribution >= 0.6 is 0 Å². The van der Waals surface area contributed by atoms with Gasteiger partial charge in [-0.25, -0.2) is 15.0 Å². The first-order valence-electron chi connectivity index (χ1n) is 9.71. The van der Waals surface area contributed by atoms with Crippen molar-refractivity contribution >= 4 is 16.8 Å². The molecule has 2 aromatic carbocycles. The maximum atomic E-state index is 12.0. The maximum absolute atomic E-state index is 12.0. The number of aromatic nitrogens is 3. The number of amides is 1. The quantitative estimate of drug-likeness (QED) is 0.479. The van der Waals surface area contributed by atoms with E-state index in [4.69, 9.17) is 14.9 Å². The van der Waals surface area contributed by atoms with Crippen molar-refractivity contribution in [2.45, 2.75) is 19.4 Å². The first-order valence-corrected chi connectivity index (χ1v) is 9.71. The fourth-order valence-corrected chi connectivity index (χ4v) is 3.12. The van der Waals surface area contributed by atoms with E-state index in [2.05, 4.69) is 26.8 Å². The van der Waals surface area contributed by atoms with Crippen molar-refractivity contribution in [2.75, 3.05) is 7.11 Å². The normalized spacial score (nSPS) is 12.6. The van der Waals surface area contributed by atoms with Crippen LogP contribution in [0.4, 0.5) is 0 Å². The first-order chi connectivity index (χ1) is 15.3. The van der Waals surface area contributed by atoms with Crippen molar-refractivity contribution < 1.29 is 19.1 Å². The summed E-state index contributed by atoms with van der Waals surface area (Å²) in [5.41, 5.74) is 5.89. The number of carbonyl (C=O) groups is 1. The molecule has 1 unspecified atom stereocenters. The van der Waals surface area contributed by atoms with Crippen molar-refractivity contribution in [3.05, 3.63) is 71.6 Å². The summed E-state index contributed by atoms with van der Waals surface area (Å²) in [4.78, 5) is 25.0. The highest BCUT2D eigenvalue weighted by Gasteiger charge is 2.26. The van der Waals surface area contributed by atoms with Gasteiger partial charge in [0, 0.05) is 22.6 Å². The minimum absolute atomic E-state index is 0.117. The summed E-state index contributed by atoms with van der Waals surface area (Å²) >= 11 is 0. The van der Waals surface area contributed by atoms with Crippen LogP contribution in [0.25, 0.3) is 22.3 Å². The average Bonchev–Trinajstić information content (AvgIpc) is 3.24. The van der Waals surface area contributed by atoms with Gasteiger partial charge in [-0.2, -0.15) is 0 Å². The van der Waals surface area contributed by atoms with E-state index in [1.165, 1.54) is 13.1 Å². The average molecular weight is 428 g/mol. The van der Waals surface area contributed by atoms with Crippen LogP contribution in [0.5, 0.6) is 5.75 Å². The number of fused-ring (bicyclic) bond motifs is 1. The molecule has 4 rings (SSSR count). The fraction of sp³-hybridized carbons (Fsp3) is 0.167. The van der Waals surface area contributed by atoms with Crippen molar-refractivity contribution in [3.8, 4) is 29.0 Å². The van der Waals surface area contributed by atoms with Crippen LogP contribution in [0.1, 0.15) is 34.6 Å². The number of aliphatic hydroxyl groups is 1. The highest BCUT2D eigenvalue weighted by atomic mass is 16.5.